The topological polar surface area (TPSA) is 92.5 Å². The van der Waals surface area contributed by atoms with Gasteiger partial charge in [-0.15, -0.1) is 0 Å². The van der Waals surface area contributed by atoms with Crippen molar-refractivity contribution in [3.8, 4) is 0 Å². The van der Waals surface area contributed by atoms with E-state index in [0.717, 1.165) is 4.47 Å². The molecule has 3 N–H and O–H groups in total. The van der Waals surface area contributed by atoms with Crippen LogP contribution in [0.25, 0.3) is 0 Å². The molecule has 0 aromatic heterocycles. The van der Waals surface area contributed by atoms with Crippen molar-refractivity contribution in [2.24, 2.45) is 5.14 Å². The van der Waals surface area contributed by atoms with Gasteiger partial charge in [-0.3, -0.25) is 4.79 Å². The summed E-state index contributed by atoms with van der Waals surface area (Å²) >= 11 is 3.30. The van der Waals surface area contributed by atoms with E-state index >= 15 is 0 Å². The summed E-state index contributed by atoms with van der Waals surface area (Å²) in [5.41, 5.74) is 0.880. The van der Waals surface area contributed by atoms with Gasteiger partial charge in [-0.2, -0.15) is 0 Å². The van der Waals surface area contributed by atoms with E-state index in [9.17, 15) is 17.6 Å². The van der Waals surface area contributed by atoms with Crippen molar-refractivity contribution in [2.75, 3.05) is 18.9 Å². The Morgan fingerprint density at radius 3 is 2.69 bits per heavy atom. The highest BCUT2D eigenvalue weighted by atomic mass is 79.9. The van der Waals surface area contributed by atoms with Crippen LogP contribution in [0.15, 0.2) is 51.8 Å². The highest BCUT2D eigenvalue weighted by molar-refractivity contribution is 9.10. The van der Waals surface area contributed by atoms with Gasteiger partial charge in [0.2, 0.25) is 15.9 Å². The van der Waals surface area contributed by atoms with Crippen molar-refractivity contribution in [3.05, 3.63) is 58.3 Å². The fourth-order valence-electron chi connectivity index (χ4n) is 2.30. The van der Waals surface area contributed by atoms with Gasteiger partial charge in [0.05, 0.1) is 4.90 Å². The second-order valence-corrected chi connectivity index (χ2v) is 8.32. The normalized spacial score (nSPS) is 11.6. The van der Waals surface area contributed by atoms with Gasteiger partial charge in [-0.25, -0.2) is 17.9 Å². The summed E-state index contributed by atoms with van der Waals surface area (Å²) in [6.45, 7) is 0.770. The van der Waals surface area contributed by atoms with Crippen molar-refractivity contribution in [3.63, 3.8) is 0 Å². The minimum atomic E-state index is -3.83. The van der Waals surface area contributed by atoms with E-state index in [1.54, 1.807) is 25.2 Å². The lowest BCUT2D eigenvalue weighted by molar-refractivity contribution is -0.116. The summed E-state index contributed by atoms with van der Waals surface area (Å²) in [5.74, 6) is -0.581. The summed E-state index contributed by atoms with van der Waals surface area (Å²) in [6, 6.07) is 10.4. The predicted molar refractivity (Wildman–Crippen MR) is 101 cm³/mol. The molecule has 0 bridgehead atoms. The van der Waals surface area contributed by atoms with Crippen LogP contribution in [0, 0.1) is 5.82 Å². The van der Waals surface area contributed by atoms with E-state index in [1.807, 2.05) is 4.90 Å². The van der Waals surface area contributed by atoms with Crippen LogP contribution in [0.4, 0.5) is 10.1 Å². The zero-order chi connectivity index (χ0) is 19.3. The fourth-order valence-corrected chi connectivity index (χ4v) is 3.27. The minimum Gasteiger partial charge on any atom is -0.326 e. The molecule has 140 valence electrons. The van der Waals surface area contributed by atoms with Crippen molar-refractivity contribution >= 4 is 37.5 Å². The molecule has 0 atom stereocenters. The number of sulfonamides is 1. The zero-order valence-electron chi connectivity index (χ0n) is 14.1. The smallest absolute Gasteiger partial charge is 0.238 e. The first kappa shape index (κ1) is 20.5. The Morgan fingerprint density at radius 1 is 1.27 bits per heavy atom. The van der Waals surface area contributed by atoms with Crippen LogP contribution >= 0.6 is 15.9 Å². The van der Waals surface area contributed by atoms with E-state index in [4.69, 9.17) is 5.14 Å². The number of nitrogens with two attached hydrogens (primary N) is 1. The number of carbonyl (C=O) groups excluding carboxylic acids is 1. The maximum absolute atomic E-state index is 13.8. The molecule has 26 heavy (non-hydrogen) atoms. The number of anilines is 1. The summed E-state index contributed by atoms with van der Waals surface area (Å²) in [7, 11) is -2.04. The Labute approximate surface area is 160 Å². The Bertz CT molecular complexity index is 906. The van der Waals surface area contributed by atoms with Gasteiger partial charge in [0.15, 0.2) is 0 Å². The summed E-state index contributed by atoms with van der Waals surface area (Å²) < 4.78 is 37.2. The molecule has 0 unspecified atom stereocenters. The van der Waals surface area contributed by atoms with Gasteiger partial charge in [0.25, 0.3) is 0 Å². The molecule has 6 nitrogen and oxygen atoms in total. The molecule has 0 saturated heterocycles. The van der Waals surface area contributed by atoms with Crippen LogP contribution in [-0.4, -0.2) is 32.8 Å². The van der Waals surface area contributed by atoms with Gasteiger partial charge in [0.1, 0.15) is 5.82 Å². The van der Waals surface area contributed by atoms with Gasteiger partial charge >= 0.3 is 0 Å². The van der Waals surface area contributed by atoms with Crippen LogP contribution < -0.4 is 10.5 Å². The third-order valence-electron chi connectivity index (χ3n) is 3.61. The number of rotatable bonds is 7. The van der Waals surface area contributed by atoms with Crippen molar-refractivity contribution in [1.82, 2.24) is 4.90 Å². The lowest BCUT2D eigenvalue weighted by Gasteiger charge is -2.17. The van der Waals surface area contributed by atoms with E-state index in [1.165, 1.54) is 24.3 Å². The monoisotopic (exact) mass is 443 g/mol. The molecule has 0 aliphatic rings. The standard InChI is InChI=1S/C17H19BrFN3O3S/c1-22(11-12-9-13(18)5-6-16(12)19)8-7-17(23)21-14-3-2-4-15(10-14)26(20,24)25/h2-6,9-10H,7-8,11H2,1H3,(H,21,23)(H2,20,24,25). The third kappa shape index (κ3) is 6.17. The van der Waals surface area contributed by atoms with Crippen LogP contribution in [0.5, 0.6) is 0 Å². The number of nitrogens with zero attached hydrogens (tertiary/aromatic N) is 1. The quantitative estimate of drug-likeness (QED) is 0.687. The summed E-state index contributed by atoms with van der Waals surface area (Å²) in [4.78, 5) is 13.8. The molecule has 9 heteroatoms. The Morgan fingerprint density at radius 2 is 2.00 bits per heavy atom. The Kier molecular flexibility index (Phi) is 6.87. The maximum atomic E-state index is 13.8. The second kappa shape index (κ2) is 8.72. The molecule has 0 aliphatic carbocycles. The first-order chi connectivity index (χ1) is 12.1. The molecule has 0 spiro atoms. The molecule has 0 fully saturated rings. The number of benzene rings is 2. The number of hydrogen-bond acceptors (Lipinski definition) is 4. The van der Waals surface area contributed by atoms with E-state index in [-0.39, 0.29) is 23.0 Å². The van der Waals surface area contributed by atoms with Crippen molar-refractivity contribution in [2.45, 2.75) is 17.9 Å². The number of nitrogens with one attached hydrogen (secondary N) is 1. The van der Waals surface area contributed by atoms with Crippen LogP contribution in [0.3, 0.4) is 0 Å². The minimum absolute atomic E-state index is 0.0717. The van der Waals surface area contributed by atoms with Crippen LogP contribution in [0.1, 0.15) is 12.0 Å². The highest BCUT2D eigenvalue weighted by Crippen LogP contribution is 2.17. The largest absolute Gasteiger partial charge is 0.326 e. The number of amides is 1. The van der Waals surface area contributed by atoms with Gasteiger partial charge in [-0.05, 0) is 43.4 Å². The SMILES string of the molecule is CN(CCC(=O)Nc1cccc(S(N)(=O)=O)c1)Cc1cc(Br)ccc1F. The molecule has 1 amide bonds. The van der Waals surface area contributed by atoms with Gasteiger partial charge in [0, 0.05) is 35.2 Å². The first-order valence-corrected chi connectivity index (χ1v) is 10.0. The number of carbonyl (C=O) groups is 1. The molecule has 2 aromatic carbocycles. The molecular weight excluding hydrogens is 425 g/mol. The highest BCUT2D eigenvalue weighted by Gasteiger charge is 2.11. The van der Waals surface area contributed by atoms with Crippen molar-refractivity contribution in [1.29, 1.82) is 0 Å². The summed E-state index contributed by atoms with van der Waals surface area (Å²) in [6.07, 6.45) is 0.172. The molecule has 0 heterocycles. The lowest BCUT2D eigenvalue weighted by atomic mass is 10.2. The second-order valence-electron chi connectivity index (χ2n) is 5.84. The lowest BCUT2D eigenvalue weighted by Crippen LogP contribution is -2.24. The third-order valence-corrected chi connectivity index (χ3v) is 5.02. The molecular formula is C17H19BrFN3O3S. The fraction of sp³-hybridized carbons (Fsp3) is 0.235. The van der Waals surface area contributed by atoms with E-state index in [2.05, 4.69) is 21.2 Å². The van der Waals surface area contributed by atoms with Gasteiger partial charge in [-0.1, -0.05) is 22.0 Å². The number of hydrogen-bond donors (Lipinski definition) is 2. The summed E-state index contributed by atoms with van der Waals surface area (Å²) in [5, 5.41) is 7.70. The average Bonchev–Trinajstić information content (AvgIpc) is 2.56. The molecule has 2 rings (SSSR count). The average molecular weight is 444 g/mol. The molecule has 2 aromatic rings. The Balaban J connectivity index is 1.89. The molecule has 0 aliphatic heterocycles. The van der Waals surface area contributed by atoms with E-state index in [0.29, 0.717) is 24.3 Å². The number of primary sulfonamides is 1. The van der Waals surface area contributed by atoms with Crippen molar-refractivity contribution < 1.29 is 17.6 Å². The molecule has 0 saturated carbocycles. The molecule has 0 radical (unpaired) electrons. The zero-order valence-corrected chi connectivity index (χ0v) is 16.5. The first-order valence-electron chi connectivity index (χ1n) is 7.70. The maximum Gasteiger partial charge on any atom is 0.238 e. The van der Waals surface area contributed by atoms with Crippen LogP contribution in [-0.2, 0) is 21.4 Å². The number of halogens is 2. The predicted octanol–water partition coefficient (Wildman–Crippen LogP) is 2.70. The van der Waals surface area contributed by atoms with E-state index < -0.39 is 10.0 Å². The Hall–Kier alpha value is -1.81. The van der Waals surface area contributed by atoms with Gasteiger partial charge < -0.3 is 10.2 Å². The van der Waals surface area contributed by atoms with Crippen LogP contribution in [0.2, 0.25) is 0 Å².